The lowest BCUT2D eigenvalue weighted by Gasteiger charge is -2.13. The number of nitrogens with one attached hydrogen (secondary N) is 1. The van der Waals surface area contributed by atoms with Gasteiger partial charge in [-0.05, 0) is 19.1 Å². The number of hydrogen-bond acceptors (Lipinski definition) is 8. The van der Waals surface area contributed by atoms with Crippen LogP contribution in [0.15, 0.2) is 35.4 Å². The molecule has 0 atom stereocenters. The molecular weight excluding hydrogens is 362 g/mol. The van der Waals surface area contributed by atoms with Crippen LogP contribution in [0.1, 0.15) is 6.92 Å². The molecule has 0 saturated carbocycles. The molecule has 1 N–H and O–H groups in total. The molecule has 3 heterocycles. The van der Waals surface area contributed by atoms with E-state index in [9.17, 15) is 9.59 Å². The number of nitrogens with zero attached hydrogens (tertiary/aromatic N) is 4. The van der Waals surface area contributed by atoms with Crippen molar-refractivity contribution in [1.82, 2.24) is 19.5 Å². The molecule has 146 valence electrons. The molecule has 0 saturated heterocycles. The molecule has 0 radical (unpaired) electrons. The Hall–Kier alpha value is -3.33. The minimum absolute atomic E-state index is 0.00222. The minimum atomic E-state index is -0.320. The molecule has 3 aromatic rings. The van der Waals surface area contributed by atoms with Gasteiger partial charge in [-0.15, -0.1) is 0 Å². The quantitative estimate of drug-likeness (QED) is 0.438. The van der Waals surface area contributed by atoms with E-state index in [1.165, 1.54) is 0 Å². The smallest absolute Gasteiger partial charge is 0.293 e. The maximum atomic E-state index is 12.8. The van der Waals surface area contributed by atoms with Crippen LogP contribution in [0.4, 0.5) is 5.82 Å². The molecule has 0 aliphatic heterocycles. The first-order valence-corrected chi connectivity index (χ1v) is 8.84. The van der Waals surface area contributed by atoms with Crippen LogP contribution in [0, 0.1) is 0 Å². The summed E-state index contributed by atoms with van der Waals surface area (Å²) < 4.78 is 12.1. The zero-order chi connectivity index (χ0) is 19.9. The number of anilines is 1. The average molecular weight is 383 g/mol. The molecule has 28 heavy (non-hydrogen) atoms. The summed E-state index contributed by atoms with van der Waals surface area (Å²) in [4.78, 5) is 36.4. The summed E-state index contributed by atoms with van der Waals surface area (Å²) in [5.41, 5.74) is 2.29. The van der Waals surface area contributed by atoms with Crippen molar-refractivity contribution in [2.24, 2.45) is 0 Å². The van der Waals surface area contributed by atoms with Crippen molar-refractivity contribution < 1.29 is 14.3 Å². The molecular formula is C19H21N5O4. The molecule has 0 bridgehead atoms. The largest absolute Gasteiger partial charge is 0.481 e. The molecule has 0 aliphatic carbocycles. The summed E-state index contributed by atoms with van der Waals surface area (Å²) in [6.45, 7) is 3.18. The lowest BCUT2D eigenvalue weighted by Crippen LogP contribution is -2.27. The average Bonchev–Trinajstić information content (AvgIpc) is 2.74. The topological polar surface area (TPSA) is 108 Å². The van der Waals surface area contributed by atoms with E-state index in [4.69, 9.17) is 9.47 Å². The van der Waals surface area contributed by atoms with Gasteiger partial charge in [-0.2, -0.15) is 0 Å². The summed E-state index contributed by atoms with van der Waals surface area (Å²) in [5, 5.41) is 2.74. The van der Waals surface area contributed by atoms with Gasteiger partial charge < -0.3 is 24.2 Å². The van der Waals surface area contributed by atoms with Gasteiger partial charge in [-0.3, -0.25) is 9.78 Å². The molecule has 0 aliphatic rings. The normalized spacial score (nSPS) is 10.8. The first kappa shape index (κ1) is 19.4. The maximum Gasteiger partial charge on any atom is 0.293 e. The fourth-order valence-electron chi connectivity index (χ4n) is 2.73. The summed E-state index contributed by atoms with van der Waals surface area (Å²) >= 11 is 0. The van der Waals surface area contributed by atoms with Crippen LogP contribution in [0.3, 0.4) is 0 Å². The molecule has 0 unspecified atom stereocenters. The first-order valence-electron chi connectivity index (χ1n) is 8.84. The Morgan fingerprint density at radius 1 is 1.25 bits per heavy atom. The Morgan fingerprint density at radius 3 is 2.79 bits per heavy atom. The van der Waals surface area contributed by atoms with Gasteiger partial charge in [0.2, 0.25) is 5.88 Å². The second-order valence-corrected chi connectivity index (χ2v) is 5.81. The van der Waals surface area contributed by atoms with E-state index in [2.05, 4.69) is 20.3 Å². The highest BCUT2D eigenvalue weighted by Crippen LogP contribution is 2.22. The molecule has 0 fully saturated rings. The SMILES string of the molecule is CCOCCn1c(=O)c(NCC=O)nc2cnc(-c3ccc(OC)nc3)cc21. The van der Waals surface area contributed by atoms with E-state index in [0.29, 0.717) is 48.7 Å². The lowest BCUT2D eigenvalue weighted by atomic mass is 10.2. The molecule has 3 aromatic heterocycles. The Bertz CT molecular complexity index is 1020. The van der Waals surface area contributed by atoms with Crippen LogP contribution >= 0.6 is 0 Å². The van der Waals surface area contributed by atoms with Crippen molar-refractivity contribution >= 4 is 23.1 Å². The first-order chi connectivity index (χ1) is 13.7. The number of hydrogen-bond donors (Lipinski definition) is 1. The van der Waals surface area contributed by atoms with Crippen molar-refractivity contribution in [3.63, 3.8) is 0 Å². The third-order valence-electron chi connectivity index (χ3n) is 4.09. The predicted octanol–water partition coefficient (Wildman–Crippen LogP) is 1.51. The molecule has 0 aromatic carbocycles. The summed E-state index contributed by atoms with van der Waals surface area (Å²) in [5.74, 6) is 0.613. The number of pyridine rings is 2. The molecule has 0 amide bonds. The van der Waals surface area contributed by atoms with Gasteiger partial charge in [0.25, 0.3) is 5.56 Å². The summed E-state index contributed by atoms with van der Waals surface area (Å²) in [7, 11) is 1.55. The van der Waals surface area contributed by atoms with E-state index in [1.807, 2.05) is 13.0 Å². The highest BCUT2D eigenvalue weighted by Gasteiger charge is 2.13. The van der Waals surface area contributed by atoms with E-state index in [-0.39, 0.29) is 17.9 Å². The Labute approximate surface area is 161 Å². The number of rotatable bonds is 9. The summed E-state index contributed by atoms with van der Waals surface area (Å²) in [6, 6.07) is 5.38. The monoisotopic (exact) mass is 383 g/mol. The van der Waals surface area contributed by atoms with Gasteiger partial charge in [0.15, 0.2) is 5.82 Å². The Balaban J connectivity index is 2.09. The second-order valence-electron chi connectivity index (χ2n) is 5.81. The van der Waals surface area contributed by atoms with Gasteiger partial charge in [0, 0.05) is 31.0 Å². The van der Waals surface area contributed by atoms with Gasteiger partial charge in [-0.25, -0.2) is 9.97 Å². The third kappa shape index (κ3) is 4.15. The highest BCUT2D eigenvalue weighted by molar-refractivity contribution is 5.80. The van der Waals surface area contributed by atoms with E-state index < -0.39 is 0 Å². The Morgan fingerprint density at radius 2 is 2.11 bits per heavy atom. The van der Waals surface area contributed by atoms with Crippen LogP contribution < -0.4 is 15.6 Å². The fraction of sp³-hybridized carbons (Fsp3) is 0.316. The van der Waals surface area contributed by atoms with Crippen LogP contribution in [0.5, 0.6) is 5.88 Å². The molecule has 0 spiro atoms. The Kier molecular flexibility index (Phi) is 6.28. The maximum absolute atomic E-state index is 12.8. The predicted molar refractivity (Wildman–Crippen MR) is 105 cm³/mol. The van der Waals surface area contributed by atoms with E-state index in [1.54, 1.807) is 36.2 Å². The van der Waals surface area contributed by atoms with Crippen LogP contribution in [-0.2, 0) is 16.1 Å². The minimum Gasteiger partial charge on any atom is -0.481 e. The van der Waals surface area contributed by atoms with Crippen LogP contribution in [0.25, 0.3) is 22.3 Å². The van der Waals surface area contributed by atoms with Crippen molar-refractivity contribution in [1.29, 1.82) is 0 Å². The van der Waals surface area contributed by atoms with Crippen LogP contribution in [-0.4, -0.2) is 52.7 Å². The van der Waals surface area contributed by atoms with Crippen molar-refractivity contribution in [3.05, 3.63) is 40.9 Å². The number of fused-ring (bicyclic) bond motifs is 1. The summed E-state index contributed by atoms with van der Waals surface area (Å²) in [6.07, 6.45) is 3.93. The zero-order valence-corrected chi connectivity index (χ0v) is 15.7. The number of carbonyl (C=O) groups is 1. The van der Waals surface area contributed by atoms with E-state index in [0.717, 1.165) is 5.56 Å². The van der Waals surface area contributed by atoms with Gasteiger partial charge in [0.1, 0.15) is 11.8 Å². The molecule has 9 nitrogen and oxygen atoms in total. The standard InChI is InChI=1S/C19H21N5O4/c1-3-28-9-7-24-16-10-14(13-4-5-17(27-2)22-11-13)21-12-15(16)23-18(19(24)26)20-6-8-25/h4-5,8,10-12H,3,6-7,9H2,1-2H3,(H,20,23). The molecule has 9 heteroatoms. The number of methoxy groups -OCH3 is 1. The number of carbonyl (C=O) groups excluding carboxylic acids is 1. The zero-order valence-electron chi connectivity index (χ0n) is 15.7. The van der Waals surface area contributed by atoms with Crippen molar-refractivity contribution in [3.8, 4) is 17.1 Å². The van der Waals surface area contributed by atoms with Crippen molar-refractivity contribution in [2.45, 2.75) is 13.5 Å². The lowest BCUT2D eigenvalue weighted by molar-refractivity contribution is -0.106. The molecule has 3 rings (SSSR count). The van der Waals surface area contributed by atoms with Gasteiger partial charge in [0.05, 0.1) is 37.7 Å². The van der Waals surface area contributed by atoms with Gasteiger partial charge >= 0.3 is 0 Å². The number of aromatic nitrogens is 4. The second kappa shape index (κ2) is 9.05. The highest BCUT2D eigenvalue weighted by atomic mass is 16.5. The number of aldehydes is 1. The fourth-order valence-corrected chi connectivity index (χ4v) is 2.73. The van der Waals surface area contributed by atoms with Crippen LogP contribution in [0.2, 0.25) is 0 Å². The van der Waals surface area contributed by atoms with Crippen molar-refractivity contribution in [2.75, 3.05) is 32.2 Å². The number of ether oxygens (including phenoxy) is 2. The van der Waals surface area contributed by atoms with Gasteiger partial charge in [-0.1, -0.05) is 0 Å². The van der Waals surface area contributed by atoms with E-state index >= 15 is 0 Å². The third-order valence-corrected chi connectivity index (χ3v) is 4.09.